The van der Waals surface area contributed by atoms with E-state index in [0.29, 0.717) is 13.0 Å². The van der Waals surface area contributed by atoms with E-state index in [1.807, 2.05) is 42.0 Å². The molecule has 0 fully saturated rings. The van der Waals surface area contributed by atoms with Crippen molar-refractivity contribution >= 4 is 5.78 Å². The summed E-state index contributed by atoms with van der Waals surface area (Å²) in [4.78, 5) is 12.2. The maximum atomic E-state index is 12.2. The lowest BCUT2D eigenvalue weighted by molar-refractivity contribution is -0.690. The number of carbonyl (C=O) groups excluding carboxylic acids is 1. The molecule has 0 amide bonds. The van der Waals surface area contributed by atoms with Crippen molar-refractivity contribution in [3.63, 3.8) is 0 Å². The number of Topliss-reactive ketones (excluding diaryl/α,β-unsaturated/α-hetero) is 1. The molecule has 2 rings (SSSR count). The number of rotatable bonds is 4. The average molecular weight is 334 g/mol. The minimum absolute atomic E-state index is 0. The van der Waals surface area contributed by atoms with Crippen molar-refractivity contribution in [2.75, 3.05) is 0 Å². The van der Waals surface area contributed by atoms with E-state index < -0.39 is 0 Å². The number of hydrogen-bond donors (Lipinski definition) is 0. The molecule has 2 aromatic rings. The highest BCUT2D eigenvalue weighted by Gasteiger charge is 2.14. The van der Waals surface area contributed by atoms with Gasteiger partial charge in [0.2, 0.25) is 12.3 Å². The summed E-state index contributed by atoms with van der Waals surface area (Å²) in [6.45, 7) is 6.60. The fourth-order valence-electron chi connectivity index (χ4n) is 2.31. The molecule has 0 spiro atoms. The summed E-state index contributed by atoms with van der Waals surface area (Å²) >= 11 is 0. The van der Waals surface area contributed by atoms with Crippen LogP contribution in [0.4, 0.5) is 0 Å². The first kappa shape index (κ1) is 16.6. The molecule has 0 saturated heterocycles. The number of nitrogens with zero attached hydrogens (tertiary/aromatic N) is 1. The highest BCUT2D eigenvalue weighted by Crippen LogP contribution is 2.14. The van der Waals surface area contributed by atoms with E-state index in [-0.39, 0.29) is 22.8 Å². The number of benzene rings is 1. The topological polar surface area (TPSA) is 20.9 Å². The molecule has 0 N–H and O–H groups in total. The van der Waals surface area contributed by atoms with Crippen molar-refractivity contribution in [1.29, 1.82) is 0 Å². The van der Waals surface area contributed by atoms with Crippen molar-refractivity contribution in [3.8, 4) is 0 Å². The van der Waals surface area contributed by atoms with Crippen molar-refractivity contribution in [2.24, 2.45) is 0 Å². The molecular weight excluding hydrogens is 314 g/mol. The second-order valence-corrected chi connectivity index (χ2v) is 5.06. The third-order valence-electron chi connectivity index (χ3n) is 3.53. The standard InChI is InChI=1S/C17H20NO.BrH/c1-13-7-6-8-14(2)17(13)11-16(19)12-18-10-5-4-9-15(18)3;/h4-10H,11-12H2,1-3H3;1H/q+1;/p-1. The fourth-order valence-corrected chi connectivity index (χ4v) is 2.31. The third kappa shape index (κ3) is 4.01. The van der Waals surface area contributed by atoms with E-state index in [4.69, 9.17) is 0 Å². The minimum Gasteiger partial charge on any atom is -1.00 e. The van der Waals surface area contributed by atoms with Crippen LogP contribution in [-0.2, 0) is 17.8 Å². The van der Waals surface area contributed by atoms with Crippen LogP contribution < -0.4 is 21.5 Å². The molecule has 0 radical (unpaired) electrons. The SMILES string of the molecule is Cc1cccc(C)c1CC(=O)C[n+]1ccccc1C.[Br-]. The van der Waals surface area contributed by atoms with E-state index in [0.717, 1.165) is 5.69 Å². The van der Waals surface area contributed by atoms with Gasteiger partial charge in [0.15, 0.2) is 11.9 Å². The Hall–Kier alpha value is -1.48. The van der Waals surface area contributed by atoms with Crippen molar-refractivity contribution in [1.82, 2.24) is 0 Å². The molecule has 1 heterocycles. The summed E-state index contributed by atoms with van der Waals surface area (Å²) in [7, 11) is 0. The van der Waals surface area contributed by atoms with Gasteiger partial charge in [-0.2, -0.15) is 4.57 Å². The van der Waals surface area contributed by atoms with Crippen LogP contribution in [0.5, 0.6) is 0 Å². The Morgan fingerprint density at radius 2 is 1.65 bits per heavy atom. The summed E-state index contributed by atoms with van der Waals surface area (Å²) in [6, 6.07) is 12.1. The van der Waals surface area contributed by atoms with E-state index in [2.05, 4.69) is 26.0 Å². The lowest BCUT2D eigenvalue weighted by Crippen LogP contribution is -3.00. The van der Waals surface area contributed by atoms with Gasteiger partial charge in [0, 0.05) is 25.5 Å². The number of ketones is 1. The number of halogens is 1. The highest BCUT2D eigenvalue weighted by molar-refractivity contribution is 5.80. The molecule has 1 aromatic heterocycles. The largest absolute Gasteiger partial charge is 1.00 e. The molecule has 2 nitrogen and oxygen atoms in total. The molecule has 0 aliphatic heterocycles. The molecule has 106 valence electrons. The van der Waals surface area contributed by atoms with Gasteiger partial charge < -0.3 is 17.0 Å². The van der Waals surface area contributed by atoms with Gasteiger partial charge in [0.05, 0.1) is 0 Å². The summed E-state index contributed by atoms with van der Waals surface area (Å²) in [5, 5.41) is 0. The first-order valence-corrected chi connectivity index (χ1v) is 6.60. The van der Waals surface area contributed by atoms with Crippen LogP contribution in [0.3, 0.4) is 0 Å². The first-order chi connectivity index (χ1) is 9.08. The van der Waals surface area contributed by atoms with Crippen LogP contribution in [0.25, 0.3) is 0 Å². The molecule has 0 atom stereocenters. The summed E-state index contributed by atoms with van der Waals surface area (Å²) < 4.78 is 2.00. The van der Waals surface area contributed by atoms with Gasteiger partial charge in [-0.3, -0.25) is 4.79 Å². The minimum atomic E-state index is 0. The van der Waals surface area contributed by atoms with E-state index in [1.54, 1.807) is 0 Å². The van der Waals surface area contributed by atoms with Gasteiger partial charge in [-0.05, 0) is 30.5 Å². The quantitative estimate of drug-likeness (QED) is 0.705. The molecular formula is C17H20BrNO. The zero-order chi connectivity index (χ0) is 13.8. The second kappa shape index (κ2) is 7.34. The van der Waals surface area contributed by atoms with Crippen molar-refractivity contribution in [3.05, 3.63) is 65.0 Å². The predicted octanol–water partition coefficient (Wildman–Crippen LogP) is -0.285. The number of carbonyl (C=O) groups is 1. The van der Waals surface area contributed by atoms with Gasteiger partial charge >= 0.3 is 0 Å². The second-order valence-electron chi connectivity index (χ2n) is 5.06. The molecule has 0 saturated carbocycles. The van der Waals surface area contributed by atoms with Gasteiger partial charge in [-0.1, -0.05) is 24.3 Å². The van der Waals surface area contributed by atoms with Crippen LogP contribution in [0.2, 0.25) is 0 Å². The Kier molecular flexibility index (Phi) is 6.08. The van der Waals surface area contributed by atoms with Crippen LogP contribution in [0, 0.1) is 20.8 Å². The fraction of sp³-hybridized carbons (Fsp3) is 0.294. The van der Waals surface area contributed by atoms with E-state index in [9.17, 15) is 4.79 Å². The Bertz CT molecular complexity index is 587. The molecule has 20 heavy (non-hydrogen) atoms. The Labute approximate surface area is 131 Å². The highest BCUT2D eigenvalue weighted by atomic mass is 79.9. The molecule has 0 aliphatic carbocycles. The van der Waals surface area contributed by atoms with Crippen LogP contribution in [0.15, 0.2) is 42.6 Å². The number of pyridine rings is 1. The zero-order valence-electron chi connectivity index (χ0n) is 12.2. The number of aromatic nitrogens is 1. The predicted molar refractivity (Wildman–Crippen MR) is 76.0 cm³/mol. The number of hydrogen-bond acceptors (Lipinski definition) is 1. The Balaban J connectivity index is 0.00000200. The third-order valence-corrected chi connectivity index (χ3v) is 3.53. The smallest absolute Gasteiger partial charge is 0.207 e. The average Bonchev–Trinajstić information content (AvgIpc) is 2.37. The number of aryl methyl sites for hydroxylation is 3. The normalized spacial score (nSPS) is 9.95. The zero-order valence-corrected chi connectivity index (χ0v) is 13.8. The molecule has 0 unspecified atom stereocenters. The summed E-state index contributed by atoms with van der Waals surface area (Å²) in [5.41, 5.74) is 4.67. The van der Waals surface area contributed by atoms with Crippen molar-refractivity contribution in [2.45, 2.75) is 33.7 Å². The molecule has 1 aromatic carbocycles. The van der Waals surface area contributed by atoms with Crippen molar-refractivity contribution < 1.29 is 26.3 Å². The molecule has 3 heteroatoms. The Morgan fingerprint density at radius 1 is 1.00 bits per heavy atom. The Morgan fingerprint density at radius 3 is 2.25 bits per heavy atom. The van der Waals surface area contributed by atoms with E-state index >= 15 is 0 Å². The van der Waals surface area contributed by atoms with Crippen LogP contribution in [0.1, 0.15) is 22.4 Å². The lowest BCUT2D eigenvalue weighted by atomic mass is 9.98. The molecule has 0 aliphatic rings. The van der Waals surface area contributed by atoms with Gasteiger partial charge in [0.1, 0.15) is 0 Å². The monoisotopic (exact) mass is 333 g/mol. The lowest BCUT2D eigenvalue weighted by Gasteiger charge is -2.08. The van der Waals surface area contributed by atoms with Gasteiger partial charge in [-0.25, -0.2) is 0 Å². The summed E-state index contributed by atoms with van der Waals surface area (Å²) in [5.74, 6) is 0.247. The van der Waals surface area contributed by atoms with Crippen LogP contribution >= 0.6 is 0 Å². The maximum absolute atomic E-state index is 12.2. The van der Waals surface area contributed by atoms with Gasteiger partial charge in [-0.15, -0.1) is 0 Å². The molecule has 0 bridgehead atoms. The summed E-state index contributed by atoms with van der Waals surface area (Å²) in [6.07, 6.45) is 2.47. The first-order valence-electron chi connectivity index (χ1n) is 6.60. The van der Waals surface area contributed by atoms with Crippen LogP contribution in [-0.4, -0.2) is 5.78 Å². The van der Waals surface area contributed by atoms with Gasteiger partial charge in [0.25, 0.3) is 0 Å². The maximum Gasteiger partial charge on any atom is 0.207 e. The van der Waals surface area contributed by atoms with E-state index in [1.165, 1.54) is 16.7 Å².